The number of benzene rings is 2. The molecule has 0 atom stereocenters. The van der Waals surface area contributed by atoms with E-state index in [-0.39, 0.29) is 17.2 Å². The Kier molecular flexibility index (Phi) is 9.07. The Bertz CT molecular complexity index is 1170. The number of anilines is 1. The number of hydrazone groups is 1. The lowest BCUT2D eigenvalue weighted by atomic mass is 10.2. The van der Waals surface area contributed by atoms with E-state index in [1.165, 1.54) is 65.0 Å². The van der Waals surface area contributed by atoms with Gasteiger partial charge in [0.1, 0.15) is 6.54 Å². The molecule has 12 nitrogen and oxygen atoms in total. The van der Waals surface area contributed by atoms with Gasteiger partial charge in [-0.2, -0.15) is 5.10 Å². The van der Waals surface area contributed by atoms with Crippen molar-refractivity contribution < 1.29 is 41.7 Å². The molecular formula is C21H25N3O9S. The second-order valence-corrected chi connectivity index (χ2v) is 8.48. The van der Waals surface area contributed by atoms with Crippen molar-refractivity contribution in [3.05, 3.63) is 42.0 Å². The monoisotopic (exact) mass is 495 g/mol. The van der Waals surface area contributed by atoms with Gasteiger partial charge in [0.05, 0.1) is 46.6 Å². The van der Waals surface area contributed by atoms with E-state index in [0.717, 1.165) is 10.6 Å². The molecule has 0 radical (unpaired) electrons. The molecule has 2 aromatic carbocycles. The molecule has 0 aromatic heterocycles. The first-order valence-electron chi connectivity index (χ1n) is 9.58. The Hall–Kier alpha value is -4.00. The van der Waals surface area contributed by atoms with Gasteiger partial charge in [-0.1, -0.05) is 0 Å². The lowest BCUT2D eigenvalue weighted by Gasteiger charge is -2.22. The fraction of sp³-hybridized carbons (Fsp3) is 0.286. The topological polar surface area (TPSA) is 142 Å². The van der Waals surface area contributed by atoms with Crippen LogP contribution in [-0.4, -0.2) is 67.9 Å². The van der Waals surface area contributed by atoms with E-state index in [9.17, 15) is 18.0 Å². The number of hydrogen-bond acceptors (Lipinski definition) is 10. The predicted octanol–water partition coefficient (Wildman–Crippen LogP) is 1.77. The average Bonchev–Trinajstić information content (AvgIpc) is 2.82. The summed E-state index contributed by atoms with van der Waals surface area (Å²) >= 11 is 0. The molecule has 1 amide bonds. The van der Waals surface area contributed by atoms with E-state index in [0.29, 0.717) is 17.1 Å². The number of carbonyl (C=O) groups is 2. The van der Waals surface area contributed by atoms with Crippen LogP contribution in [0.2, 0.25) is 0 Å². The van der Waals surface area contributed by atoms with Crippen LogP contribution >= 0.6 is 0 Å². The van der Waals surface area contributed by atoms with Crippen LogP contribution in [0.1, 0.15) is 5.56 Å². The van der Waals surface area contributed by atoms with Crippen LogP contribution in [0.4, 0.5) is 10.5 Å². The van der Waals surface area contributed by atoms with Gasteiger partial charge in [0.2, 0.25) is 10.0 Å². The molecule has 0 aliphatic carbocycles. The van der Waals surface area contributed by atoms with Crippen LogP contribution in [0.3, 0.4) is 0 Å². The van der Waals surface area contributed by atoms with Crippen molar-refractivity contribution >= 4 is 34.0 Å². The van der Waals surface area contributed by atoms with E-state index in [4.69, 9.17) is 18.9 Å². The van der Waals surface area contributed by atoms with Crippen molar-refractivity contribution in [2.45, 2.75) is 0 Å². The molecule has 0 aliphatic heterocycles. The first kappa shape index (κ1) is 26.3. The summed E-state index contributed by atoms with van der Waals surface area (Å²) in [5.74, 6) is 0.397. The van der Waals surface area contributed by atoms with Gasteiger partial charge in [-0.25, -0.2) is 18.6 Å². The number of nitrogens with zero attached hydrogens (tertiary/aromatic N) is 2. The summed E-state index contributed by atoms with van der Waals surface area (Å²) in [5, 5.41) is 3.83. The summed E-state index contributed by atoms with van der Waals surface area (Å²) in [5.41, 5.74) is 2.99. The van der Waals surface area contributed by atoms with Crippen molar-refractivity contribution in [1.29, 1.82) is 0 Å². The van der Waals surface area contributed by atoms with Crippen molar-refractivity contribution in [1.82, 2.24) is 5.43 Å². The third-order valence-electron chi connectivity index (χ3n) is 4.29. The SMILES string of the molecule is COC(=O)Oc1ccc(/C=N\NC(=O)CN(c2ccc(OC)c(OC)c2)S(C)(=O)=O)cc1OC. The number of methoxy groups -OCH3 is 4. The van der Waals surface area contributed by atoms with Crippen LogP contribution in [0.15, 0.2) is 41.5 Å². The zero-order chi connectivity index (χ0) is 25.3. The normalized spacial score (nSPS) is 11.0. The van der Waals surface area contributed by atoms with E-state index in [1.807, 2.05) is 0 Å². The highest BCUT2D eigenvalue weighted by Gasteiger charge is 2.22. The molecule has 0 spiro atoms. The molecule has 13 heteroatoms. The van der Waals surface area contributed by atoms with Crippen molar-refractivity contribution in [3.8, 4) is 23.0 Å². The molecule has 0 heterocycles. The van der Waals surface area contributed by atoms with Gasteiger partial charge in [0.15, 0.2) is 23.0 Å². The molecule has 2 rings (SSSR count). The quantitative estimate of drug-likeness (QED) is 0.226. The third-order valence-corrected chi connectivity index (χ3v) is 5.43. The summed E-state index contributed by atoms with van der Waals surface area (Å²) in [4.78, 5) is 23.7. The summed E-state index contributed by atoms with van der Waals surface area (Å²) in [7, 11) is 1.62. The Morgan fingerprint density at radius 2 is 1.56 bits per heavy atom. The summed E-state index contributed by atoms with van der Waals surface area (Å²) in [6.07, 6.45) is 1.38. The summed E-state index contributed by atoms with van der Waals surface area (Å²) in [6, 6.07) is 9.00. The number of sulfonamides is 1. The molecule has 0 fully saturated rings. The van der Waals surface area contributed by atoms with Crippen LogP contribution in [0.5, 0.6) is 23.0 Å². The third kappa shape index (κ3) is 7.00. The summed E-state index contributed by atoms with van der Waals surface area (Å²) in [6.45, 7) is -0.527. The zero-order valence-corrected chi connectivity index (χ0v) is 20.0. The van der Waals surface area contributed by atoms with E-state index in [1.54, 1.807) is 6.07 Å². The Morgan fingerprint density at radius 3 is 2.15 bits per heavy atom. The van der Waals surface area contributed by atoms with E-state index < -0.39 is 28.6 Å². The van der Waals surface area contributed by atoms with Gasteiger partial charge in [-0.3, -0.25) is 9.10 Å². The molecule has 0 unspecified atom stereocenters. The van der Waals surface area contributed by atoms with Crippen LogP contribution in [0.25, 0.3) is 0 Å². The Morgan fingerprint density at radius 1 is 0.941 bits per heavy atom. The fourth-order valence-electron chi connectivity index (χ4n) is 2.70. The molecule has 34 heavy (non-hydrogen) atoms. The van der Waals surface area contributed by atoms with Gasteiger partial charge in [0, 0.05) is 6.07 Å². The number of amides is 1. The number of hydrogen-bond donors (Lipinski definition) is 1. The highest BCUT2D eigenvalue weighted by atomic mass is 32.2. The molecule has 0 saturated carbocycles. The fourth-order valence-corrected chi connectivity index (χ4v) is 3.55. The van der Waals surface area contributed by atoms with Crippen molar-refractivity contribution in [2.24, 2.45) is 5.10 Å². The molecule has 0 aliphatic rings. The van der Waals surface area contributed by atoms with Gasteiger partial charge in [-0.15, -0.1) is 0 Å². The number of nitrogens with one attached hydrogen (secondary N) is 1. The van der Waals surface area contributed by atoms with E-state index in [2.05, 4.69) is 15.3 Å². The number of rotatable bonds is 10. The smallest absolute Gasteiger partial charge is 0.493 e. The molecule has 1 N–H and O–H groups in total. The largest absolute Gasteiger partial charge is 0.513 e. The van der Waals surface area contributed by atoms with Crippen molar-refractivity contribution in [3.63, 3.8) is 0 Å². The summed E-state index contributed by atoms with van der Waals surface area (Å²) < 4.78 is 50.4. The number of carbonyl (C=O) groups excluding carboxylic acids is 2. The second-order valence-electron chi connectivity index (χ2n) is 6.57. The molecule has 2 aromatic rings. The lowest BCUT2D eigenvalue weighted by Crippen LogP contribution is -2.39. The van der Waals surface area contributed by atoms with Gasteiger partial charge in [0.25, 0.3) is 5.91 Å². The maximum atomic E-state index is 12.4. The standard InChI is InChI=1S/C21H25N3O9S/c1-29-16-9-7-15(11-19(16)31-3)24(34(5,27)28)13-20(25)23-22-12-14-6-8-17(18(10-14)30-2)33-21(26)32-4/h6-12H,13H2,1-5H3,(H,23,25)/b22-12-. The molecule has 184 valence electrons. The predicted molar refractivity (Wildman–Crippen MR) is 123 cm³/mol. The van der Waals surface area contributed by atoms with Gasteiger partial charge < -0.3 is 23.7 Å². The molecule has 0 bridgehead atoms. The van der Waals surface area contributed by atoms with Crippen LogP contribution in [-0.2, 0) is 19.6 Å². The minimum atomic E-state index is -3.80. The van der Waals surface area contributed by atoms with E-state index >= 15 is 0 Å². The highest BCUT2D eigenvalue weighted by Crippen LogP contribution is 2.32. The minimum absolute atomic E-state index is 0.134. The van der Waals surface area contributed by atoms with Gasteiger partial charge >= 0.3 is 6.16 Å². The average molecular weight is 496 g/mol. The lowest BCUT2D eigenvalue weighted by molar-refractivity contribution is -0.119. The first-order chi connectivity index (χ1) is 16.1. The molecule has 0 saturated heterocycles. The Labute approximate surface area is 197 Å². The molecular weight excluding hydrogens is 470 g/mol. The maximum absolute atomic E-state index is 12.4. The Balaban J connectivity index is 2.13. The maximum Gasteiger partial charge on any atom is 0.513 e. The zero-order valence-electron chi connectivity index (χ0n) is 19.2. The van der Waals surface area contributed by atoms with Crippen molar-refractivity contribution in [2.75, 3.05) is 45.5 Å². The van der Waals surface area contributed by atoms with Crippen LogP contribution < -0.4 is 28.7 Å². The van der Waals surface area contributed by atoms with Gasteiger partial charge in [-0.05, 0) is 35.9 Å². The first-order valence-corrected chi connectivity index (χ1v) is 11.4. The van der Waals surface area contributed by atoms with Crippen LogP contribution in [0, 0.1) is 0 Å². The minimum Gasteiger partial charge on any atom is -0.493 e. The highest BCUT2D eigenvalue weighted by molar-refractivity contribution is 7.92. The second kappa shape index (κ2) is 11.7. The number of ether oxygens (including phenoxy) is 5.